The smallest absolute Gasteiger partial charge is 0.0790 e. The minimum absolute atomic E-state index is 1.27. The zero-order chi connectivity index (χ0) is 3.41. The summed E-state index contributed by atoms with van der Waals surface area (Å²) in [6.07, 6.45) is 0. The second-order valence-corrected chi connectivity index (χ2v) is 0.250. The molecule has 2 N–H and O–H groups in total. The maximum absolute atomic E-state index is 5.73. The van der Waals surface area contributed by atoms with Crippen LogP contribution in [0.3, 0.4) is 0 Å². The van der Waals surface area contributed by atoms with E-state index in [0.29, 0.717) is 0 Å². The average molecular weight is 65.0 g/mol. The first-order valence-corrected chi connectivity index (χ1v) is 0.779. The van der Waals surface area contributed by atoms with Crippen molar-refractivity contribution in [1.29, 1.82) is 0 Å². The number of hydrogen-bond donors (Lipinski definition) is 0. The highest BCUT2D eigenvalue weighted by atomic mass is 17.5. The van der Waals surface area contributed by atoms with Crippen molar-refractivity contribution in [3.63, 3.8) is 0 Å². The Hall–Kier alpha value is -0.120. The van der Waals surface area contributed by atoms with Crippen LogP contribution in [0.25, 0.3) is 0 Å². The highest BCUT2D eigenvalue weighted by Gasteiger charge is 1.57. The Balaban J connectivity index is 1.97. The van der Waals surface area contributed by atoms with Crippen LogP contribution in [0, 0.1) is 0 Å². The lowest BCUT2D eigenvalue weighted by Crippen LogP contribution is -1.74. The minimum Gasteiger partial charge on any atom is -0.230 e. The molecular formula is CH5O3+. The van der Waals surface area contributed by atoms with Gasteiger partial charge in [-0.1, -0.05) is 0 Å². The van der Waals surface area contributed by atoms with Crippen LogP contribution in [-0.2, 0) is 9.93 Å². The zero-order valence-corrected chi connectivity index (χ0v) is 2.32. The molecule has 0 radical (unpaired) electrons. The summed E-state index contributed by atoms with van der Waals surface area (Å²) in [5.74, 6) is 0. The molecule has 0 saturated carbocycles. The second kappa shape index (κ2) is 2.88. The number of hydrogen-bond acceptors (Lipinski definition) is 2. The van der Waals surface area contributed by atoms with Crippen LogP contribution in [0.5, 0.6) is 0 Å². The topological polar surface area (TPSA) is 41.4 Å². The molecule has 0 saturated heterocycles. The van der Waals surface area contributed by atoms with E-state index in [2.05, 4.69) is 9.93 Å². The molecule has 0 aromatic heterocycles. The van der Waals surface area contributed by atoms with Gasteiger partial charge in [-0.2, -0.15) is 4.89 Å². The Morgan fingerprint density at radius 3 is 2.00 bits per heavy atom. The van der Waals surface area contributed by atoms with Gasteiger partial charge in [0.25, 0.3) is 0 Å². The third kappa shape index (κ3) is 1.88. The molecule has 0 bridgehead atoms. The summed E-state index contributed by atoms with van der Waals surface area (Å²) < 4.78 is 0. The molecule has 0 aliphatic heterocycles. The molecule has 0 spiro atoms. The average Bonchev–Trinajstić information content (AvgIpc) is 1.37. The van der Waals surface area contributed by atoms with Crippen LogP contribution in [0.2, 0.25) is 0 Å². The predicted octanol–water partition coefficient (Wildman–Crippen LogP) is -0.796. The van der Waals surface area contributed by atoms with Crippen molar-refractivity contribution in [3.05, 3.63) is 0 Å². The van der Waals surface area contributed by atoms with Crippen molar-refractivity contribution in [2.45, 2.75) is 0 Å². The fraction of sp³-hybridized carbons (Fsp3) is 1.00. The van der Waals surface area contributed by atoms with Gasteiger partial charge in [0.2, 0.25) is 0 Å². The molecule has 0 atom stereocenters. The number of rotatable bonds is 1. The summed E-state index contributed by atoms with van der Waals surface area (Å²) >= 11 is 0. The molecule has 0 amide bonds. The quantitative estimate of drug-likeness (QED) is 0.228. The SMILES string of the molecule is COO[OH2+]. The van der Waals surface area contributed by atoms with Crippen molar-refractivity contribution in [3.8, 4) is 0 Å². The molecule has 3 heteroatoms. The highest BCUT2D eigenvalue weighted by molar-refractivity contribution is 3.34. The molecule has 0 aromatic carbocycles. The third-order valence-corrected chi connectivity index (χ3v) is 0.0833. The molecule has 0 fully saturated rings. The summed E-state index contributed by atoms with van der Waals surface area (Å²) in [6, 6.07) is 0. The normalized spacial score (nSPS) is 7.50. The molecule has 0 unspecified atom stereocenters. The maximum atomic E-state index is 5.73. The van der Waals surface area contributed by atoms with Gasteiger partial charge in [-0.3, -0.25) is 0 Å². The third-order valence-electron chi connectivity index (χ3n) is 0.0833. The van der Waals surface area contributed by atoms with Gasteiger partial charge in [-0.05, 0) is 0 Å². The van der Waals surface area contributed by atoms with Crippen molar-refractivity contribution < 1.29 is 15.2 Å². The molecule has 3 nitrogen and oxygen atoms in total. The van der Waals surface area contributed by atoms with E-state index in [1.807, 2.05) is 0 Å². The lowest BCUT2D eigenvalue weighted by molar-refractivity contribution is -0.479. The van der Waals surface area contributed by atoms with Crippen LogP contribution >= 0.6 is 0 Å². The molecule has 0 heterocycles. The van der Waals surface area contributed by atoms with E-state index in [4.69, 9.17) is 5.26 Å². The maximum Gasteiger partial charge on any atom is 0.0790 e. The van der Waals surface area contributed by atoms with Crippen LogP contribution in [0.1, 0.15) is 0 Å². The van der Waals surface area contributed by atoms with Crippen LogP contribution in [-0.4, -0.2) is 12.4 Å². The van der Waals surface area contributed by atoms with Gasteiger partial charge in [-0.15, -0.1) is 0 Å². The van der Waals surface area contributed by atoms with Gasteiger partial charge in [0.15, 0.2) is 0 Å². The minimum atomic E-state index is 1.27. The molecule has 0 aromatic rings. The molecule has 4 heavy (non-hydrogen) atoms. The lowest BCUT2D eigenvalue weighted by Gasteiger charge is -1.68. The largest absolute Gasteiger partial charge is 0.230 e. The summed E-state index contributed by atoms with van der Waals surface area (Å²) in [6.45, 7) is 0. The van der Waals surface area contributed by atoms with Gasteiger partial charge < -0.3 is 0 Å². The lowest BCUT2D eigenvalue weighted by atomic mass is 11.8. The second-order valence-electron chi connectivity index (χ2n) is 0.250. The molecule has 26 valence electrons. The summed E-state index contributed by atoms with van der Waals surface area (Å²) in [5.41, 5.74) is 0. The predicted molar refractivity (Wildman–Crippen MR) is 11.7 cm³/mol. The van der Waals surface area contributed by atoms with Gasteiger partial charge in [0, 0.05) is 0 Å². The van der Waals surface area contributed by atoms with E-state index in [1.165, 1.54) is 7.11 Å². The zero-order valence-electron chi connectivity index (χ0n) is 2.32. The monoisotopic (exact) mass is 65.0 g/mol. The fourth-order valence-corrected chi connectivity index (χ4v) is 0. The summed E-state index contributed by atoms with van der Waals surface area (Å²) in [7, 11) is 1.27. The Kier molecular flexibility index (Phi) is 2.79. The van der Waals surface area contributed by atoms with Crippen molar-refractivity contribution in [2.24, 2.45) is 0 Å². The van der Waals surface area contributed by atoms with E-state index in [0.717, 1.165) is 0 Å². The van der Waals surface area contributed by atoms with Crippen molar-refractivity contribution in [2.75, 3.05) is 7.11 Å². The molecule has 0 aliphatic rings. The Bertz CT molecular complexity index is 5.25. The Labute approximate surface area is 23.6 Å². The Morgan fingerprint density at radius 2 is 2.00 bits per heavy atom. The van der Waals surface area contributed by atoms with Crippen LogP contribution in [0.15, 0.2) is 0 Å². The van der Waals surface area contributed by atoms with Crippen LogP contribution in [0.4, 0.5) is 0 Å². The van der Waals surface area contributed by atoms with E-state index >= 15 is 0 Å². The van der Waals surface area contributed by atoms with Crippen LogP contribution < -0.4 is 0 Å². The summed E-state index contributed by atoms with van der Waals surface area (Å²) in [4.78, 5) is 3.71. The first-order valence-electron chi connectivity index (χ1n) is 0.779. The van der Waals surface area contributed by atoms with Gasteiger partial charge in [-0.25, -0.2) is 5.26 Å². The Morgan fingerprint density at radius 1 is 1.75 bits per heavy atom. The van der Waals surface area contributed by atoms with E-state index in [9.17, 15) is 0 Å². The molecular weight excluding hydrogens is 60.0 g/mol. The molecule has 0 aliphatic carbocycles. The van der Waals surface area contributed by atoms with Crippen molar-refractivity contribution >= 4 is 0 Å². The standard InChI is InChI=1S/CH4O3/c1-3-4-2/h2H,1H3/p+1. The van der Waals surface area contributed by atoms with E-state index in [-0.39, 0.29) is 0 Å². The van der Waals surface area contributed by atoms with E-state index in [1.54, 1.807) is 0 Å². The first-order chi connectivity index (χ1) is 1.91. The van der Waals surface area contributed by atoms with Gasteiger partial charge >= 0.3 is 0 Å². The molecule has 0 rings (SSSR count). The highest BCUT2D eigenvalue weighted by Crippen LogP contribution is 1.50. The van der Waals surface area contributed by atoms with E-state index < -0.39 is 0 Å². The van der Waals surface area contributed by atoms with Crippen molar-refractivity contribution in [1.82, 2.24) is 0 Å². The van der Waals surface area contributed by atoms with Gasteiger partial charge in [0.05, 0.1) is 12.1 Å². The summed E-state index contributed by atoms with van der Waals surface area (Å²) in [5, 5.41) is 9.02. The van der Waals surface area contributed by atoms with Gasteiger partial charge in [0.1, 0.15) is 0 Å². The fourth-order valence-electron chi connectivity index (χ4n) is 0. The first kappa shape index (κ1) is 3.88.